The van der Waals surface area contributed by atoms with E-state index >= 15 is 0 Å². The fourth-order valence-electron chi connectivity index (χ4n) is 4.23. The van der Waals surface area contributed by atoms with Gasteiger partial charge in [0.1, 0.15) is 5.39 Å². The lowest BCUT2D eigenvalue weighted by Crippen LogP contribution is -2.10. The largest absolute Gasteiger partial charge is 0.411 e. The number of halogens is 2. The van der Waals surface area contributed by atoms with Crippen molar-refractivity contribution in [3.8, 4) is 11.6 Å². The van der Waals surface area contributed by atoms with Crippen molar-refractivity contribution in [3.63, 3.8) is 0 Å². The van der Waals surface area contributed by atoms with E-state index in [-0.39, 0.29) is 6.61 Å². The molecule has 2 aromatic carbocycles. The van der Waals surface area contributed by atoms with E-state index in [1.807, 2.05) is 43.3 Å². The van der Waals surface area contributed by atoms with Crippen LogP contribution in [0.1, 0.15) is 16.8 Å². The summed E-state index contributed by atoms with van der Waals surface area (Å²) < 4.78 is 14.2. The molecule has 0 aliphatic rings. The summed E-state index contributed by atoms with van der Waals surface area (Å²) in [7, 11) is 0. The van der Waals surface area contributed by atoms with Crippen LogP contribution in [0.25, 0.3) is 33.4 Å². The number of fused-ring (bicyclic) bond motifs is 3. The third-order valence-electron chi connectivity index (χ3n) is 5.89. The molecule has 0 aliphatic carbocycles. The van der Waals surface area contributed by atoms with E-state index in [2.05, 4.69) is 15.1 Å². The lowest BCUT2D eigenvalue weighted by atomic mass is 10.1. The summed E-state index contributed by atoms with van der Waals surface area (Å²) in [6.07, 6.45) is 4.46. The summed E-state index contributed by atoms with van der Waals surface area (Å²) in [5, 5.41) is 11.5. The van der Waals surface area contributed by atoms with Gasteiger partial charge in [0, 0.05) is 22.7 Å². The van der Waals surface area contributed by atoms with Gasteiger partial charge in [0.25, 0.3) is 0 Å². The van der Waals surface area contributed by atoms with Gasteiger partial charge in [-0.25, -0.2) is 19.4 Å². The predicted octanol–water partition coefficient (Wildman–Crippen LogP) is 5.44. The van der Waals surface area contributed by atoms with Crippen LogP contribution in [0.4, 0.5) is 0 Å². The SMILES string of the molecule is Cc1cc2cnn(-c3cc(COCc4ccc(Cl)cc4)nn3-c3ncccc3Cl)c2c2c(=O)ocnc12. The maximum Gasteiger partial charge on any atom is 0.348 e. The zero-order chi connectivity index (χ0) is 25.5. The molecule has 0 atom stereocenters. The Balaban J connectivity index is 1.48. The molecule has 0 fully saturated rings. The molecule has 184 valence electrons. The third kappa shape index (κ3) is 4.27. The van der Waals surface area contributed by atoms with Crippen LogP contribution >= 0.6 is 23.2 Å². The van der Waals surface area contributed by atoms with Crippen LogP contribution < -0.4 is 5.63 Å². The number of hydrogen-bond donors (Lipinski definition) is 0. The number of ether oxygens (including phenoxy) is 1. The van der Waals surface area contributed by atoms with Crippen molar-refractivity contribution in [2.75, 3.05) is 0 Å². The molecule has 37 heavy (non-hydrogen) atoms. The summed E-state index contributed by atoms with van der Waals surface area (Å²) in [5.41, 5.74) is 3.02. The van der Waals surface area contributed by atoms with E-state index in [1.54, 1.807) is 33.9 Å². The Bertz CT molecular complexity index is 1820. The Morgan fingerprint density at radius 2 is 1.86 bits per heavy atom. The minimum absolute atomic E-state index is 0.218. The summed E-state index contributed by atoms with van der Waals surface area (Å²) in [4.78, 5) is 21.5. The second-order valence-corrected chi connectivity index (χ2v) is 9.23. The summed E-state index contributed by atoms with van der Waals surface area (Å²) in [6.45, 7) is 2.49. The number of pyridine rings is 1. The molecular weight excluding hydrogens is 515 g/mol. The molecule has 6 rings (SSSR count). The Hall–Kier alpha value is -4.05. The molecule has 0 spiro atoms. The van der Waals surface area contributed by atoms with Crippen LogP contribution in [0.15, 0.2) is 76.5 Å². The highest BCUT2D eigenvalue weighted by atomic mass is 35.5. The van der Waals surface area contributed by atoms with Gasteiger partial charge in [-0.1, -0.05) is 35.3 Å². The van der Waals surface area contributed by atoms with Gasteiger partial charge in [-0.15, -0.1) is 0 Å². The summed E-state index contributed by atoms with van der Waals surface area (Å²) >= 11 is 12.5. The molecule has 0 N–H and O–H groups in total. The van der Waals surface area contributed by atoms with Gasteiger partial charge >= 0.3 is 5.63 Å². The lowest BCUT2D eigenvalue weighted by molar-refractivity contribution is 0.104. The summed E-state index contributed by atoms with van der Waals surface area (Å²) in [6, 6.07) is 14.7. The van der Waals surface area contributed by atoms with E-state index in [1.165, 1.54) is 0 Å². The summed E-state index contributed by atoms with van der Waals surface area (Å²) in [5.74, 6) is 0.933. The van der Waals surface area contributed by atoms with Gasteiger partial charge in [-0.2, -0.15) is 14.9 Å². The van der Waals surface area contributed by atoms with Crippen molar-refractivity contribution in [1.82, 2.24) is 29.5 Å². The molecule has 4 aromatic heterocycles. The van der Waals surface area contributed by atoms with Crippen molar-refractivity contribution >= 4 is 45.0 Å². The first kappa shape index (κ1) is 23.4. The first-order chi connectivity index (χ1) is 18.0. The first-order valence-corrected chi connectivity index (χ1v) is 12.0. The molecular formula is C26H18Cl2N6O3. The van der Waals surface area contributed by atoms with Gasteiger partial charge in [-0.3, -0.25) is 0 Å². The Morgan fingerprint density at radius 1 is 1.03 bits per heavy atom. The molecule has 9 nitrogen and oxygen atoms in total. The van der Waals surface area contributed by atoms with Crippen molar-refractivity contribution in [1.29, 1.82) is 0 Å². The van der Waals surface area contributed by atoms with Crippen LogP contribution in [0.2, 0.25) is 10.0 Å². The number of aromatic nitrogens is 6. The van der Waals surface area contributed by atoms with Crippen molar-refractivity contribution in [2.45, 2.75) is 20.1 Å². The molecule has 4 heterocycles. The minimum atomic E-state index is -0.506. The maximum atomic E-state index is 12.8. The Morgan fingerprint density at radius 3 is 2.68 bits per heavy atom. The molecule has 0 saturated heterocycles. The quantitative estimate of drug-likeness (QED) is 0.281. The fourth-order valence-corrected chi connectivity index (χ4v) is 4.56. The van der Waals surface area contributed by atoms with Crippen LogP contribution in [-0.4, -0.2) is 29.5 Å². The Labute approximate surface area is 219 Å². The molecule has 0 saturated carbocycles. The molecule has 0 bridgehead atoms. The maximum absolute atomic E-state index is 12.8. The van der Waals surface area contributed by atoms with E-state index in [0.29, 0.717) is 50.4 Å². The molecule has 6 aromatic rings. The number of hydrogen-bond acceptors (Lipinski definition) is 7. The van der Waals surface area contributed by atoms with Crippen molar-refractivity contribution < 1.29 is 9.15 Å². The molecule has 0 radical (unpaired) electrons. The lowest BCUT2D eigenvalue weighted by Gasteiger charge is -2.10. The van der Waals surface area contributed by atoms with E-state index in [4.69, 9.17) is 37.5 Å². The second kappa shape index (κ2) is 9.44. The fraction of sp³-hybridized carbons (Fsp3) is 0.115. The zero-order valence-corrected chi connectivity index (χ0v) is 20.9. The number of aryl methyl sites for hydroxylation is 1. The number of rotatable bonds is 6. The highest BCUT2D eigenvalue weighted by Gasteiger charge is 2.21. The highest BCUT2D eigenvalue weighted by Crippen LogP contribution is 2.29. The zero-order valence-electron chi connectivity index (χ0n) is 19.4. The smallest absolute Gasteiger partial charge is 0.348 e. The van der Waals surface area contributed by atoms with Gasteiger partial charge in [0.2, 0.25) is 0 Å². The predicted molar refractivity (Wildman–Crippen MR) is 140 cm³/mol. The van der Waals surface area contributed by atoms with E-state index in [9.17, 15) is 4.79 Å². The monoisotopic (exact) mass is 532 g/mol. The highest BCUT2D eigenvalue weighted by molar-refractivity contribution is 6.32. The Kier molecular flexibility index (Phi) is 5.96. The third-order valence-corrected chi connectivity index (χ3v) is 6.44. The van der Waals surface area contributed by atoms with Crippen LogP contribution in [0.5, 0.6) is 0 Å². The average Bonchev–Trinajstić information content (AvgIpc) is 3.50. The van der Waals surface area contributed by atoms with Crippen LogP contribution in [0, 0.1) is 6.92 Å². The van der Waals surface area contributed by atoms with Crippen molar-refractivity contribution in [3.05, 3.63) is 105 Å². The van der Waals surface area contributed by atoms with Crippen molar-refractivity contribution in [2.24, 2.45) is 0 Å². The average molecular weight is 533 g/mol. The standard InChI is InChI=1S/C26H18Cl2N6O3/c1-15-9-17-11-31-33(24(17)22-23(15)30-14-37-26(22)35)21-10-19(13-36-12-16-4-6-18(27)7-5-16)32-34(21)25-20(28)3-2-8-29-25/h2-11,14H,12-13H2,1H3. The van der Waals surface area contributed by atoms with Crippen LogP contribution in [0.3, 0.4) is 0 Å². The van der Waals surface area contributed by atoms with Gasteiger partial charge < -0.3 is 9.15 Å². The molecule has 0 unspecified atom stereocenters. The van der Waals surface area contributed by atoms with Gasteiger partial charge in [-0.05, 0) is 48.4 Å². The molecule has 11 heteroatoms. The number of benzene rings is 2. The van der Waals surface area contributed by atoms with Gasteiger partial charge in [0.05, 0.1) is 41.2 Å². The van der Waals surface area contributed by atoms with E-state index < -0.39 is 5.63 Å². The molecule has 0 aliphatic heterocycles. The first-order valence-electron chi connectivity index (χ1n) is 11.3. The minimum Gasteiger partial charge on any atom is -0.411 e. The van der Waals surface area contributed by atoms with Gasteiger partial charge in [0.15, 0.2) is 18.0 Å². The number of nitrogens with zero attached hydrogens (tertiary/aromatic N) is 6. The second-order valence-electron chi connectivity index (χ2n) is 8.38. The topological polar surface area (TPSA) is 101 Å². The van der Waals surface area contributed by atoms with E-state index in [0.717, 1.165) is 22.9 Å². The van der Waals surface area contributed by atoms with Crippen LogP contribution in [-0.2, 0) is 18.0 Å². The molecule has 0 amide bonds. The normalized spacial score (nSPS) is 11.5.